The fourth-order valence-corrected chi connectivity index (χ4v) is 2.54. The minimum atomic E-state index is -0.371. The average Bonchev–Trinajstić information content (AvgIpc) is 2.65. The van der Waals surface area contributed by atoms with Crippen LogP contribution in [0.4, 0.5) is 5.69 Å². The van der Waals surface area contributed by atoms with Crippen LogP contribution in [0.3, 0.4) is 0 Å². The van der Waals surface area contributed by atoms with E-state index in [2.05, 4.69) is 5.32 Å². The Balaban J connectivity index is 1.68. The molecule has 1 heterocycles. The number of carbonyl (C=O) groups is 1. The molecule has 3 aromatic rings. The smallest absolute Gasteiger partial charge is 0.339 e. The van der Waals surface area contributed by atoms with Gasteiger partial charge in [0.05, 0.1) is 7.11 Å². The van der Waals surface area contributed by atoms with Crippen molar-refractivity contribution in [1.29, 1.82) is 0 Å². The SMILES string of the molecule is COc1ccc(NC(=O)COc2ccc3c(C)c(C)c(=O)oc3c2)cc1. The number of rotatable bonds is 5. The maximum atomic E-state index is 12.0. The first-order chi connectivity index (χ1) is 12.5. The van der Waals surface area contributed by atoms with Crippen LogP contribution in [-0.2, 0) is 4.79 Å². The van der Waals surface area contributed by atoms with Crippen LogP contribution in [0, 0.1) is 13.8 Å². The summed E-state index contributed by atoms with van der Waals surface area (Å²) < 4.78 is 15.9. The van der Waals surface area contributed by atoms with Crippen LogP contribution in [0.5, 0.6) is 11.5 Å². The van der Waals surface area contributed by atoms with Crippen molar-refractivity contribution in [2.24, 2.45) is 0 Å². The first kappa shape index (κ1) is 17.5. The molecule has 1 aromatic heterocycles. The highest BCUT2D eigenvalue weighted by molar-refractivity contribution is 5.92. The number of amides is 1. The standard InChI is InChI=1S/C20H19NO5/c1-12-13(2)20(23)26-18-10-16(8-9-17(12)18)25-11-19(22)21-14-4-6-15(24-3)7-5-14/h4-10H,11H2,1-3H3,(H,21,22). The first-order valence-electron chi connectivity index (χ1n) is 8.08. The van der Waals surface area contributed by atoms with Crippen molar-refractivity contribution >= 4 is 22.6 Å². The molecule has 0 aliphatic heterocycles. The number of benzene rings is 2. The van der Waals surface area contributed by atoms with E-state index >= 15 is 0 Å². The number of methoxy groups -OCH3 is 1. The summed E-state index contributed by atoms with van der Waals surface area (Å²) >= 11 is 0. The second kappa shape index (κ2) is 7.31. The Morgan fingerprint density at radius 1 is 1.04 bits per heavy atom. The van der Waals surface area contributed by atoms with Crippen LogP contribution in [0.2, 0.25) is 0 Å². The van der Waals surface area contributed by atoms with E-state index in [0.29, 0.717) is 28.3 Å². The van der Waals surface area contributed by atoms with Gasteiger partial charge < -0.3 is 19.2 Å². The van der Waals surface area contributed by atoms with Crippen molar-refractivity contribution in [2.45, 2.75) is 13.8 Å². The Kier molecular flexibility index (Phi) is 4.93. The Bertz CT molecular complexity index is 1010. The van der Waals surface area contributed by atoms with Crippen LogP contribution in [-0.4, -0.2) is 19.6 Å². The van der Waals surface area contributed by atoms with Gasteiger partial charge in [0, 0.05) is 22.7 Å². The van der Waals surface area contributed by atoms with E-state index in [4.69, 9.17) is 13.9 Å². The molecular weight excluding hydrogens is 334 g/mol. The van der Waals surface area contributed by atoms with Crippen LogP contribution in [0.25, 0.3) is 11.0 Å². The van der Waals surface area contributed by atoms with Crippen LogP contribution < -0.4 is 20.4 Å². The van der Waals surface area contributed by atoms with E-state index in [9.17, 15) is 9.59 Å². The molecule has 6 heteroatoms. The normalized spacial score (nSPS) is 10.6. The third-order valence-electron chi connectivity index (χ3n) is 4.17. The van der Waals surface area contributed by atoms with Gasteiger partial charge in [0.25, 0.3) is 5.91 Å². The number of aryl methyl sites for hydroxylation is 1. The van der Waals surface area contributed by atoms with Gasteiger partial charge in [0.2, 0.25) is 0 Å². The lowest BCUT2D eigenvalue weighted by molar-refractivity contribution is -0.118. The number of hydrogen-bond acceptors (Lipinski definition) is 5. The monoisotopic (exact) mass is 353 g/mol. The number of hydrogen-bond donors (Lipinski definition) is 1. The Morgan fingerprint density at radius 3 is 2.42 bits per heavy atom. The molecule has 0 aliphatic rings. The summed E-state index contributed by atoms with van der Waals surface area (Å²) in [7, 11) is 1.58. The molecular formula is C20H19NO5. The Labute approximate surface area is 150 Å². The predicted octanol–water partition coefficient (Wildman–Crippen LogP) is 3.44. The number of ether oxygens (including phenoxy) is 2. The van der Waals surface area contributed by atoms with Gasteiger partial charge >= 0.3 is 5.63 Å². The van der Waals surface area contributed by atoms with Gasteiger partial charge in [-0.25, -0.2) is 4.79 Å². The second-order valence-electron chi connectivity index (χ2n) is 5.86. The van der Waals surface area contributed by atoms with Crippen molar-refractivity contribution in [2.75, 3.05) is 19.0 Å². The number of carbonyl (C=O) groups excluding carboxylic acids is 1. The van der Waals surface area contributed by atoms with E-state index in [1.54, 1.807) is 50.4 Å². The molecule has 0 fully saturated rings. The first-order valence-corrected chi connectivity index (χ1v) is 8.08. The maximum Gasteiger partial charge on any atom is 0.339 e. The topological polar surface area (TPSA) is 77.8 Å². The minimum absolute atomic E-state index is 0.160. The third-order valence-corrected chi connectivity index (χ3v) is 4.17. The Hall–Kier alpha value is -3.28. The van der Waals surface area contributed by atoms with E-state index in [0.717, 1.165) is 10.9 Å². The number of fused-ring (bicyclic) bond motifs is 1. The van der Waals surface area contributed by atoms with Gasteiger partial charge in [-0.3, -0.25) is 4.79 Å². The fraction of sp³-hybridized carbons (Fsp3) is 0.200. The lowest BCUT2D eigenvalue weighted by Crippen LogP contribution is -2.20. The van der Waals surface area contributed by atoms with Crippen LogP contribution in [0.15, 0.2) is 51.7 Å². The van der Waals surface area contributed by atoms with E-state index in [-0.39, 0.29) is 18.1 Å². The molecule has 1 N–H and O–H groups in total. The molecule has 1 amide bonds. The summed E-state index contributed by atoms with van der Waals surface area (Å²) in [6, 6.07) is 12.2. The molecule has 0 radical (unpaired) electrons. The number of anilines is 1. The molecule has 0 atom stereocenters. The molecule has 6 nitrogen and oxygen atoms in total. The van der Waals surface area contributed by atoms with Gasteiger partial charge in [-0.1, -0.05) is 0 Å². The summed E-state index contributed by atoms with van der Waals surface area (Å²) in [6.45, 7) is 3.44. The molecule has 0 spiro atoms. The van der Waals surface area contributed by atoms with Crippen molar-refractivity contribution in [3.8, 4) is 11.5 Å². The molecule has 0 saturated carbocycles. The maximum absolute atomic E-state index is 12.0. The minimum Gasteiger partial charge on any atom is -0.497 e. The zero-order chi connectivity index (χ0) is 18.7. The Morgan fingerprint density at radius 2 is 1.73 bits per heavy atom. The van der Waals surface area contributed by atoms with Crippen molar-refractivity contribution in [3.63, 3.8) is 0 Å². The highest BCUT2D eigenvalue weighted by Gasteiger charge is 2.09. The van der Waals surface area contributed by atoms with E-state index in [1.165, 1.54) is 0 Å². The van der Waals surface area contributed by atoms with Crippen molar-refractivity contribution < 1.29 is 18.7 Å². The zero-order valence-corrected chi connectivity index (χ0v) is 14.8. The number of nitrogens with one attached hydrogen (secondary N) is 1. The lowest BCUT2D eigenvalue weighted by atomic mass is 10.1. The summed E-state index contributed by atoms with van der Waals surface area (Å²) in [5.41, 5.74) is 2.18. The molecule has 3 rings (SSSR count). The molecule has 2 aromatic carbocycles. The molecule has 0 aliphatic carbocycles. The van der Waals surface area contributed by atoms with Gasteiger partial charge in [-0.05, 0) is 55.8 Å². The molecule has 134 valence electrons. The van der Waals surface area contributed by atoms with Gasteiger partial charge in [0.1, 0.15) is 17.1 Å². The van der Waals surface area contributed by atoms with Crippen molar-refractivity contribution in [3.05, 3.63) is 64.0 Å². The highest BCUT2D eigenvalue weighted by Crippen LogP contribution is 2.24. The van der Waals surface area contributed by atoms with E-state index < -0.39 is 0 Å². The quantitative estimate of drug-likeness (QED) is 0.711. The fourth-order valence-electron chi connectivity index (χ4n) is 2.54. The summed E-state index contributed by atoms with van der Waals surface area (Å²) in [5.74, 6) is 0.869. The summed E-state index contributed by atoms with van der Waals surface area (Å²) in [5, 5.41) is 3.58. The van der Waals surface area contributed by atoms with E-state index in [1.807, 2.05) is 13.0 Å². The second-order valence-corrected chi connectivity index (χ2v) is 5.86. The largest absolute Gasteiger partial charge is 0.497 e. The molecule has 26 heavy (non-hydrogen) atoms. The molecule has 0 bridgehead atoms. The molecule has 0 unspecified atom stereocenters. The van der Waals surface area contributed by atoms with Gasteiger partial charge in [-0.2, -0.15) is 0 Å². The molecule has 0 saturated heterocycles. The van der Waals surface area contributed by atoms with Crippen molar-refractivity contribution in [1.82, 2.24) is 0 Å². The lowest BCUT2D eigenvalue weighted by Gasteiger charge is -2.09. The summed E-state index contributed by atoms with van der Waals surface area (Å²) in [6.07, 6.45) is 0. The van der Waals surface area contributed by atoms with Crippen LogP contribution >= 0.6 is 0 Å². The van der Waals surface area contributed by atoms with Gasteiger partial charge in [0.15, 0.2) is 6.61 Å². The zero-order valence-electron chi connectivity index (χ0n) is 14.8. The highest BCUT2D eigenvalue weighted by atomic mass is 16.5. The van der Waals surface area contributed by atoms with Crippen LogP contribution in [0.1, 0.15) is 11.1 Å². The predicted molar refractivity (Wildman–Crippen MR) is 99.1 cm³/mol. The average molecular weight is 353 g/mol. The third kappa shape index (κ3) is 3.69. The summed E-state index contributed by atoms with van der Waals surface area (Å²) in [4.78, 5) is 23.8. The van der Waals surface area contributed by atoms with Gasteiger partial charge in [-0.15, -0.1) is 0 Å².